The molecular formula is C23H28N4OS. The van der Waals surface area contributed by atoms with E-state index in [1.165, 1.54) is 29.0 Å². The first-order chi connectivity index (χ1) is 14.3. The molecule has 29 heavy (non-hydrogen) atoms. The van der Waals surface area contributed by atoms with Crippen LogP contribution in [0.25, 0.3) is 10.2 Å². The van der Waals surface area contributed by atoms with E-state index < -0.39 is 0 Å². The number of anilines is 2. The molecule has 6 heteroatoms. The molecule has 1 fully saturated rings. The molecule has 1 aliphatic carbocycles. The van der Waals surface area contributed by atoms with Gasteiger partial charge in [0.1, 0.15) is 4.83 Å². The van der Waals surface area contributed by atoms with Gasteiger partial charge in [0, 0.05) is 43.3 Å². The Morgan fingerprint density at radius 1 is 1.00 bits per heavy atom. The van der Waals surface area contributed by atoms with E-state index in [9.17, 15) is 4.79 Å². The number of aromatic nitrogens is 2. The molecule has 3 aromatic rings. The number of fused-ring (bicyclic) bond motifs is 3. The highest BCUT2D eigenvalue weighted by atomic mass is 32.1. The second-order valence-electron chi connectivity index (χ2n) is 8.07. The van der Waals surface area contributed by atoms with Gasteiger partial charge < -0.3 is 9.80 Å². The van der Waals surface area contributed by atoms with Gasteiger partial charge in [0.25, 0.3) is 5.56 Å². The number of hydrogen-bond donors (Lipinski definition) is 0. The summed E-state index contributed by atoms with van der Waals surface area (Å²) < 4.78 is 1.95. The minimum absolute atomic E-state index is 0.178. The third-order valence-electron chi connectivity index (χ3n) is 6.19. The van der Waals surface area contributed by atoms with Gasteiger partial charge in [-0.25, -0.2) is 4.98 Å². The first-order valence-corrected chi connectivity index (χ1v) is 11.7. The minimum atomic E-state index is 0.178. The number of piperazine rings is 1. The third-order valence-corrected chi connectivity index (χ3v) is 7.37. The highest BCUT2D eigenvalue weighted by molar-refractivity contribution is 7.18. The normalized spacial score (nSPS) is 17.0. The first-order valence-electron chi connectivity index (χ1n) is 10.9. The number of hydrogen-bond acceptors (Lipinski definition) is 5. The van der Waals surface area contributed by atoms with Crippen molar-refractivity contribution < 1.29 is 0 Å². The lowest BCUT2D eigenvalue weighted by Crippen LogP contribution is -2.48. The molecule has 1 aromatic carbocycles. The molecule has 0 amide bonds. The quantitative estimate of drug-likeness (QED) is 0.652. The molecule has 0 spiro atoms. The summed E-state index contributed by atoms with van der Waals surface area (Å²) in [5.41, 5.74) is 2.74. The Morgan fingerprint density at radius 2 is 1.72 bits per heavy atom. The van der Waals surface area contributed by atoms with Crippen LogP contribution in [0.1, 0.15) is 36.6 Å². The molecule has 2 aromatic heterocycles. The average Bonchev–Trinajstić information content (AvgIpc) is 3.15. The Kier molecular flexibility index (Phi) is 5.04. The smallest absolute Gasteiger partial charge is 0.263 e. The number of benzene rings is 1. The van der Waals surface area contributed by atoms with Crippen molar-refractivity contribution in [2.75, 3.05) is 36.0 Å². The van der Waals surface area contributed by atoms with Crippen LogP contribution in [0.5, 0.6) is 0 Å². The van der Waals surface area contributed by atoms with Crippen molar-refractivity contribution >= 4 is 33.2 Å². The van der Waals surface area contributed by atoms with E-state index in [1.807, 2.05) is 4.57 Å². The van der Waals surface area contributed by atoms with E-state index in [1.54, 1.807) is 11.3 Å². The Bertz CT molecular complexity index is 1060. The number of thiophene rings is 1. The summed E-state index contributed by atoms with van der Waals surface area (Å²) in [6, 6.07) is 10.6. The van der Waals surface area contributed by atoms with Gasteiger partial charge in [-0.2, -0.15) is 0 Å². The molecule has 1 saturated heterocycles. The van der Waals surface area contributed by atoms with Gasteiger partial charge in [-0.1, -0.05) is 25.1 Å². The van der Waals surface area contributed by atoms with Crippen LogP contribution < -0.4 is 15.4 Å². The second-order valence-corrected chi connectivity index (χ2v) is 9.15. The SMILES string of the molecule is CCCn1c(N2CCN(c3ccccc3)CC2)nc2sc3c(c2c1=O)CCCC3. The maximum Gasteiger partial charge on any atom is 0.263 e. The lowest BCUT2D eigenvalue weighted by Gasteiger charge is -2.37. The topological polar surface area (TPSA) is 41.4 Å². The minimum Gasteiger partial charge on any atom is -0.368 e. The Labute approximate surface area is 175 Å². The predicted molar refractivity (Wildman–Crippen MR) is 122 cm³/mol. The van der Waals surface area contributed by atoms with Crippen molar-refractivity contribution in [3.8, 4) is 0 Å². The van der Waals surface area contributed by atoms with Crippen molar-refractivity contribution in [3.63, 3.8) is 0 Å². The van der Waals surface area contributed by atoms with Gasteiger partial charge in [0.05, 0.1) is 5.39 Å². The predicted octanol–water partition coefficient (Wildman–Crippen LogP) is 4.07. The molecular weight excluding hydrogens is 380 g/mol. The Hall–Kier alpha value is -2.34. The van der Waals surface area contributed by atoms with Gasteiger partial charge >= 0.3 is 0 Å². The zero-order chi connectivity index (χ0) is 19.8. The van der Waals surface area contributed by atoms with Gasteiger partial charge in [0.15, 0.2) is 0 Å². The van der Waals surface area contributed by atoms with Crippen molar-refractivity contribution in [1.82, 2.24) is 9.55 Å². The number of rotatable bonds is 4. The molecule has 0 radical (unpaired) electrons. The van der Waals surface area contributed by atoms with Crippen LogP contribution in [0, 0.1) is 0 Å². The Morgan fingerprint density at radius 3 is 2.48 bits per heavy atom. The van der Waals surface area contributed by atoms with Crippen LogP contribution in [0.2, 0.25) is 0 Å². The molecule has 152 valence electrons. The summed E-state index contributed by atoms with van der Waals surface area (Å²) >= 11 is 1.75. The molecule has 0 unspecified atom stereocenters. The van der Waals surface area contributed by atoms with E-state index in [0.29, 0.717) is 0 Å². The fraction of sp³-hybridized carbons (Fsp3) is 0.478. The fourth-order valence-corrected chi connectivity index (χ4v) is 5.94. The van der Waals surface area contributed by atoms with E-state index in [0.717, 1.165) is 68.2 Å². The average molecular weight is 409 g/mol. The van der Waals surface area contributed by atoms with Crippen molar-refractivity contribution in [2.45, 2.75) is 45.6 Å². The fourth-order valence-electron chi connectivity index (χ4n) is 4.70. The van der Waals surface area contributed by atoms with Crippen molar-refractivity contribution in [1.29, 1.82) is 0 Å². The van der Waals surface area contributed by atoms with Crippen LogP contribution in [0.4, 0.5) is 11.6 Å². The molecule has 0 bridgehead atoms. The number of para-hydroxylation sites is 1. The molecule has 2 aliphatic rings. The summed E-state index contributed by atoms with van der Waals surface area (Å²) in [5, 5.41) is 0.907. The number of nitrogens with zero attached hydrogens (tertiary/aromatic N) is 4. The highest BCUT2D eigenvalue weighted by Crippen LogP contribution is 2.34. The van der Waals surface area contributed by atoms with Crippen molar-refractivity contribution in [3.05, 3.63) is 51.1 Å². The molecule has 1 aliphatic heterocycles. The molecule has 5 rings (SSSR count). The summed E-state index contributed by atoms with van der Waals surface area (Å²) in [6.45, 7) is 6.55. The molecule has 3 heterocycles. The molecule has 0 N–H and O–H groups in total. The van der Waals surface area contributed by atoms with E-state index in [-0.39, 0.29) is 5.56 Å². The highest BCUT2D eigenvalue weighted by Gasteiger charge is 2.26. The van der Waals surface area contributed by atoms with Gasteiger partial charge in [-0.15, -0.1) is 11.3 Å². The van der Waals surface area contributed by atoms with Gasteiger partial charge in [-0.3, -0.25) is 9.36 Å². The zero-order valence-corrected chi connectivity index (χ0v) is 17.9. The summed E-state index contributed by atoms with van der Waals surface area (Å²) in [4.78, 5) is 25.6. The van der Waals surface area contributed by atoms with E-state index >= 15 is 0 Å². The van der Waals surface area contributed by atoms with E-state index in [4.69, 9.17) is 4.98 Å². The van der Waals surface area contributed by atoms with Crippen LogP contribution in [-0.2, 0) is 19.4 Å². The van der Waals surface area contributed by atoms with Crippen LogP contribution in [0.15, 0.2) is 35.1 Å². The van der Waals surface area contributed by atoms with Gasteiger partial charge in [0.2, 0.25) is 5.95 Å². The first kappa shape index (κ1) is 18.7. The van der Waals surface area contributed by atoms with Gasteiger partial charge in [-0.05, 0) is 49.8 Å². The second kappa shape index (κ2) is 7.82. The van der Waals surface area contributed by atoms with Crippen LogP contribution in [-0.4, -0.2) is 35.7 Å². The Balaban J connectivity index is 1.50. The largest absolute Gasteiger partial charge is 0.368 e. The van der Waals surface area contributed by atoms with E-state index in [2.05, 4.69) is 47.1 Å². The standard InChI is InChI=1S/C23H28N4OS/c1-2-12-27-22(28)20-18-10-6-7-11-19(18)29-21(20)24-23(27)26-15-13-25(14-16-26)17-8-4-3-5-9-17/h3-5,8-9H,2,6-7,10-16H2,1H3. The lowest BCUT2D eigenvalue weighted by molar-refractivity contribution is 0.587. The zero-order valence-electron chi connectivity index (χ0n) is 17.1. The van der Waals surface area contributed by atoms with Crippen LogP contribution >= 0.6 is 11.3 Å². The van der Waals surface area contributed by atoms with Crippen molar-refractivity contribution in [2.24, 2.45) is 0 Å². The maximum absolute atomic E-state index is 13.5. The monoisotopic (exact) mass is 408 g/mol. The van der Waals surface area contributed by atoms with Crippen LogP contribution in [0.3, 0.4) is 0 Å². The molecule has 0 saturated carbocycles. The summed E-state index contributed by atoms with van der Waals surface area (Å²) in [5.74, 6) is 0.871. The lowest BCUT2D eigenvalue weighted by atomic mass is 9.97. The third kappa shape index (κ3) is 3.33. The summed E-state index contributed by atoms with van der Waals surface area (Å²) in [6.07, 6.45) is 5.51. The maximum atomic E-state index is 13.5. The number of aryl methyl sites for hydroxylation is 2. The molecule has 5 nitrogen and oxygen atoms in total. The summed E-state index contributed by atoms with van der Waals surface area (Å²) in [7, 11) is 0. The molecule has 0 atom stereocenters.